The van der Waals surface area contributed by atoms with E-state index in [1.165, 1.54) is 0 Å². The number of nitrogens with one attached hydrogen (secondary N) is 2. The third-order valence-electron chi connectivity index (χ3n) is 4.31. The molecule has 0 fully saturated rings. The van der Waals surface area contributed by atoms with E-state index in [2.05, 4.69) is 51.0 Å². The SMILES string of the molecule is CC(=O)[C@H](CC(C)(C)C)NC[C@H](C[Si](C)(C)C)NC(=O)OCc1ccccc1. The number of rotatable bonds is 10. The highest BCUT2D eigenvalue weighted by Gasteiger charge is 2.26. The molecule has 0 heterocycles. The molecule has 0 aromatic heterocycles. The Morgan fingerprint density at radius 3 is 2.21 bits per heavy atom. The molecule has 1 aromatic rings. The van der Waals surface area contributed by atoms with Gasteiger partial charge in [-0.05, 0) is 30.4 Å². The standard InChI is InChI=1S/C22H38N2O3Si/c1-17(25)20(13-22(2,3)4)23-14-19(16-28(5,6)7)24-21(26)27-15-18-11-9-8-10-12-18/h8-12,19-20,23H,13-16H2,1-7H3,(H,24,26)/t19-,20+/m1/s1. The van der Waals surface area contributed by atoms with Gasteiger partial charge in [0.2, 0.25) is 0 Å². The summed E-state index contributed by atoms with van der Waals surface area (Å²) >= 11 is 0. The second kappa shape index (κ2) is 10.8. The van der Waals surface area contributed by atoms with Crippen LogP contribution in [0.25, 0.3) is 0 Å². The van der Waals surface area contributed by atoms with E-state index >= 15 is 0 Å². The third-order valence-corrected chi connectivity index (χ3v) is 6.03. The van der Waals surface area contributed by atoms with Crippen LogP contribution in [0.5, 0.6) is 0 Å². The van der Waals surface area contributed by atoms with Gasteiger partial charge in [0, 0.05) is 20.7 Å². The molecule has 0 saturated heterocycles. The predicted molar refractivity (Wildman–Crippen MR) is 118 cm³/mol. The van der Waals surface area contributed by atoms with Crippen LogP contribution in [0.15, 0.2) is 30.3 Å². The lowest BCUT2D eigenvalue weighted by Gasteiger charge is -2.29. The number of carbonyl (C=O) groups excluding carboxylic acids is 2. The van der Waals surface area contributed by atoms with E-state index in [4.69, 9.17) is 4.74 Å². The minimum Gasteiger partial charge on any atom is -0.445 e. The van der Waals surface area contributed by atoms with Crippen LogP contribution in [0.2, 0.25) is 25.7 Å². The van der Waals surface area contributed by atoms with Gasteiger partial charge in [0.1, 0.15) is 12.4 Å². The van der Waals surface area contributed by atoms with Gasteiger partial charge in [0.15, 0.2) is 0 Å². The molecule has 1 aromatic carbocycles. The first kappa shape index (κ1) is 24.4. The van der Waals surface area contributed by atoms with Gasteiger partial charge in [-0.15, -0.1) is 0 Å². The van der Waals surface area contributed by atoms with Crippen molar-refractivity contribution in [3.8, 4) is 0 Å². The molecule has 0 bridgehead atoms. The highest BCUT2D eigenvalue weighted by atomic mass is 28.3. The van der Waals surface area contributed by atoms with Crippen molar-refractivity contribution in [1.82, 2.24) is 10.6 Å². The Labute approximate surface area is 171 Å². The van der Waals surface area contributed by atoms with Gasteiger partial charge in [0.05, 0.1) is 6.04 Å². The summed E-state index contributed by atoms with van der Waals surface area (Å²) in [5.41, 5.74) is 1.01. The van der Waals surface area contributed by atoms with Gasteiger partial charge in [-0.1, -0.05) is 70.7 Å². The van der Waals surface area contributed by atoms with Crippen LogP contribution in [0.3, 0.4) is 0 Å². The molecule has 0 aliphatic carbocycles. The average Bonchev–Trinajstić information content (AvgIpc) is 2.55. The molecule has 158 valence electrons. The third kappa shape index (κ3) is 11.2. The van der Waals surface area contributed by atoms with E-state index in [-0.39, 0.29) is 29.9 Å². The minimum atomic E-state index is -1.42. The lowest BCUT2D eigenvalue weighted by molar-refractivity contribution is -0.119. The van der Waals surface area contributed by atoms with Crippen LogP contribution in [0.4, 0.5) is 4.79 Å². The highest BCUT2D eigenvalue weighted by molar-refractivity contribution is 6.76. The zero-order valence-electron chi connectivity index (χ0n) is 18.6. The Hall–Kier alpha value is -1.66. The van der Waals surface area contributed by atoms with Crippen LogP contribution >= 0.6 is 0 Å². The van der Waals surface area contributed by atoms with E-state index < -0.39 is 14.2 Å². The van der Waals surface area contributed by atoms with Gasteiger partial charge in [0.25, 0.3) is 0 Å². The molecule has 6 heteroatoms. The Morgan fingerprint density at radius 2 is 1.71 bits per heavy atom. The maximum atomic E-state index is 12.3. The molecule has 1 rings (SSSR count). The number of hydrogen-bond acceptors (Lipinski definition) is 4. The van der Waals surface area contributed by atoms with Gasteiger partial charge >= 0.3 is 6.09 Å². The number of amides is 1. The summed E-state index contributed by atoms with van der Waals surface area (Å²) in [5.74, 6) is 0.133. The van der Waals surface area contributed by atoms with Crippen LogP contribution in [-0.4, -0.2) is 38.6 Å². The normalized spacial score (nSPS) is 14.2. The molecule has 0 aliphatic rings. The lowest BCUT2D eigenvalue weighted by Crippen LogP contribution is -2.50. The summed E-state index contributed by atoms with van der Waals surface area (Å²) in [7, 11) is -1.42. The number of ether oxygens (including phenoxy) is 1. The largest absolute Gasteiger partial charge is 0.445 e. The minimum absolute atomic E-state index is 0.0552. The summed E-state index contributed by atoms with van der Waals surface area (Å²) in [6.45, 7) is 15.6. The van der Waals surface area contributed by atoms with Gasteiger partial charge in [-0.25, -0.2) is 4.79 Å². The molecular weight excluding hydrogens is 368 g/mol. The molecule has 0 saturated carbocycles. The molecular formula is C22H38N2O3Si. The summed E-state index contributed by atoms with van der Waals surface area (Å²) in [5, 5.41) is 6.38. The molecule has 28 heavy (non-hydrogen) atoms. The first-order chi connectivity index (χ1) is 12.9. The van der Waals surface area contributed by atoms with Crippen molar-refractivity contribution in [2.24, 2.45) is 5.41 Å². The maximum Gasteiger partial charge on any atom is 0.407 e. The molecule has 5 nitrogen and oxygen atoms in total. The van der Waals surface area contributed by atoms with E-state index in [9.17, 15) is 9.59 Å². The van der Waals surface area contributed by atoms with Crippen molar-refractivity contribution in [1.29, 1.82) is 0 Å². The van der Waals surface area contributed by atoms with Crippen LogP contribution < -0.4 is 10.6 Å². The van der Waals surface area contributed by atoms with E-state index in [0.717, 1.165) is 18.0 Å². The number of alkyl carbamates (subject to hydrolysis) is 1. The summed E-state index contributed by atoms with van der Waals surface area (Å²) in [6, 6.07) is 10.3. The van der Waals surface area contributed by atoms with Crippen LogP contribution in [-0.2, 0) is 16.1 Å². The molecule has 2 N–H and O–H groups in total. The maximum absolute atomic E-state index is 12.3. The number of benzene rings is 1. The van der Waals surface area contributed by atoms with Crippen molar-refractivity contribution in [2.45, 2.75) is 78.5 Å². The van der Waals surface area contributed by atoms with E-state index in [0.29, 0.717) is 6.54 Å². The quantitative estimate of drug-likeness (QED) is 0.557. The van der Waals surface area contributed by atoms with Gasteiger partial charge < -0.3 is 15.4 Å². The fourth-order valence-corrected chi connectivity index (χ4v) is 4.83. The monoisotopic (exact) mass is 406 g/mol. The molecule has 0 aliphatic heterocycles. The number of ketones is 1. The number of hydrogen-bond donors (Lipinski definition) is 2. The zero-order chi connectivity index (χ0) is 21.4. The van der Waals surface area contributed by atoms with Crippen LogP contribution in [0, 0.1) is 5.41 Å². The van der Waals surface area contributed by atoms with E-state index in [1.807, 2.05) is 30.3 Å². The highest BCUT2D eigenvalue weighted by Crippen LogP contribution is 2.21. The Bertz CT molecular complexity index is 621. The molecule has 2 atom stereocenters. The molecule has 0 unspecified atom stereocenters. The van der Waals surface area contributed by atoms with Crippen molar-refractivity contribution in [2.75, 3.05) is 6.54 Å². The summed E-state index contributed by atoms with van der Waals surface area (Å²) in [4.78, 5) is 24.3. The Morgan fingerprint density at radius 1 is 1.11 bits per heavy atom. The summed E-state index contributed by atoms with van der Waals surface area (Å²) in [6.07, 6.45) is 0.351. The zero-order valence-corrected chi connectivity index (χ0v) is 19.6. The predicted octanol–water partition coefficient (Wildman–Crippen LogP) is 4.60. The van der Waals surface area contributed by atoms with Crippen molar-refractivity contribution in [3.05, 3.63) is 35.9 Å². The molecule has 0 radical (unpaired) electrons. The van der Waals surface area contributed by atoms with Crippen molar-refractivity contribution >= 4 is 20.0 Å². The van der Waals surface area contributed by atoms with Crippen molar-refractivity contribution < 1.29 is 14.3 Å². The smallest absolute Gasteiger partial charge is 0.407 e. The average molecular weight is 407 g/mol. The first-order valence-corrected chi connectivity index (χ1v) is 13.8. The van der Waals surface area contributed by atoms with E-state index in [1.54, 1.807) is 6.92 Å². The topological polar surface area (TPSA) is 67.4 Å². The molecule has 1 amide bonds. The second-order valence-corrected chi connectivity index (χ2v) is 15.5. The fraction of sp³-hybridized carbons (Fsp3) is 0.636. The summed E-state index contributed by atoms with van der Waals surface area (Å²) < 4.78 is 5.38. The lowest BCUT2D eigenvalue weighted by atomic mass is 9.87. The second-order valence-electron chi connectivity index (χ2n) is 10.0. The van der Waals surface area contributed by atoms with Crippen molar-refractivity contribution in [3.63, 3.8) is 0 Å². The van der Waals surface area contributed by atoms with Gasteiger partial charge in [-0.2, -0.15) is 0 Å². The number of Topliss-reactive ketones (excluding diaryl/α,β-unsaturated/α-hetero) is 1. The Kier molecular flexibility index (Phi) is 9.37. The first-order valence-electron chi connectivity index (χ1n) is 10.1. The molecule has 0 spiro atoms. The Balaban J connectivity index is 2.66. The van der Waals surface area contributed by atoms with Gasteiger partial charge in [-0.3, -0.25) is 4.79 Å². The fourth-order valence-electron chi connectivity index (χ4n) is 3.10. The number of carbonyl (C=O) groups is 2. The van der Waals surface area contributed by atoms with Crippen LogP contribution in [0.1, 0.15) is 39.7 Å².